The summed E-state index contributed by atoms with van der Waals surface area (Å²) < 4.78 is 0. The predicted molar refractivity (Wildman–Crippen MR) is 90.2 cm³/mol. The van der Waals surface area contributed by atoms with Gasteiger partial charge < -0.3 is 0 Å². The van der Waals surface area contributed by atoms with Crippen LogP contribution in [0.25, 0.3) is 6.08 Å². The molecule has 5 nitrogen and oxygen atoms in total. The first-order valence-corrected chi connectivity index (χ1v) is 8.82. The third-order valence-corrected chi connectivity index (χ3v) is 5.91. The van der Waals surface area contributed by atoms with Gasteiger partial charge in [0.1, 0.15) is 0 Å². The van der Waals surface area contributed by atoms with E-state index in [1.165, 1.54) is 25.3 Å². The van der Waals surface area contributed by atoms with Crippen molar-refractivity contribution in [1.82, 2.24) is 15.8 Å². The van der Waals surface area contributed by atoms with Crippen molar-refractivity contribution in [3.8, 4) is 0 Å². The van der Waals surface area contributed by atoms with Crippen molar-refractivity contribution in [3.63, 3.8) is 0 Å². The molecule has 24 heavy (non-hydrogen) atoms. The lowest BCUT2D eigenvalue weighted by atomic mass is 9.49. The van der Waals surface area contributed by atoms with E-state index in [0.29, 0.717) is 23.4 Å². The van der Waals surface area contributed by atoms with Crippen molar-refractivity contribution in [2.24, 2.45) is 23.2 Å². The molecule has 126 valence electrons. The van der Waals surface area contributed by atoms with E-state index in [-0.39, 0.29) is 17.2 Å². The Morgan fingerprint density at radius 2 is 1.71 bits per heavy atom. The fourth-order valence-corrected chi connectivity index (χ4v) is 5.32. The highest BCUT2D eigenvalue weighted by atomic mass is 16.2. The molecule has 0 aromatic carbocycles. The molecule has 5 heteroatoms. The van der Waals surface area contributed by atoms with Crippen LogP contribution in [0.1, 0.15) is 44.2 Å². The van der Waals surface area contributed by atoms with Crippen molar-refractivity contribution < 1.29 is 9.59 Å². The maximum atomic E-state index is 12.7. The van der Waals surface area contributed by atoms with Crippen molar-refractivity contribution in [2.45, 2.75) is 38.5 Å². The van der Waals surface area contributed by atoms with Crippen molar-refractivity contribution >= 4 is 17.9 Å². The number of nitrogens with one attached hydrogen (secondary N) is 2. The van der Waals surface area contributed by atoms with Crippen LogP contribution in [0.3, 0.4) is 0 Å². The molecule has 0 spiro atoms. The van der Waals surface area contributed by atoms with Gasteiger partial charge in [-0.25, -0.2) is 0 Å². The Labute approximate surface area is 141 Å². The molecule has 1 aromatic rings. The van der Waals surface area contributed by atoms with E-state index in [2.05, 4.69) is 15.8 Å². The first kappa shape index (κ1) is 15.4. The number of hydrogen-bond donors (Lipinski definition) is 2. The molecule has 4 bridgehead atoms. The van der Waals surface area contributed by atoms with Crippen molar-refractivity contribution in [1.29, 1.82) is 0 Å². The van der Waals surface area contributed by atoms with Crippen LogP contribution >= 0.6 is 0 Å². The zero-order chi connectivity index (χ0) is 16.6. The Hall–Kier alpha value is -2.17. The molecule has 4 saturated carbocycles. The summed E-state index contributed by atoms with van der Waals surface area (Å²) in [4.78, 5) is 28.7. The van der Waals surface area contributed by atoms with Crippen LogP contribution in [-0.4, -0.2) is 16.8 Å². The molecular weight excluding hydrogens is 302 g/mol. The van der Waals surface area contributed by atoms with E-state index < -0.39 is 0 Å². The minimum absolute atomic E-state index is 0.00110. The Balaban J connectivity index is 1.33. The molecule has 0 saturated heterocycles. The van der Waals surface area contributed by atoms with Crippen LogP contribution in [0.5, 0.6) is 0 Å². The van der Waals surface area contributed by atoms with Crippen LogP contribution < -0.4 is 10.9 Å². The van der Waals surface area contributed by atoms with Gasteiger partial charge in [-0.15, -0.1) is 0 Å². The molecular formula is C19H23N3O2. The second kappa shape index (κ2) is 6.04. The lowest BCUT2D eigenvalue weighted by molar-refractivity contribution is -0.148. The summed E-state index contributed by atoms with van der Waals surface area (Å²) in [5.41, 5.74) is 5.66. The number of rotatable bonds is 3. The summed E-state index contributed by atoms with van der Waals surface area (Å²) in [6.45, 7) is 0. The zero-order valence-electron chi connectivity index (χ0n) is 13.7. The largest absolute Gasteiger partial charge is 0.273 e. The molecule has 2 N–H and O–H groups in total. The lowest BCUT2D eigenvalue weighted by Crippen LogP contribution is -2.56. The van der Waals surface area contributed by atoms with E-state index >= 15 is 0 Å². The van der Waals surface area contributed by atoms with Gasteiger partial charge in [-0.1, -0.05) is 6.07 Å². The van der Waals surface area contributed by atoms with E-state index in [1.807, 2.05) is 18.2 Å². The summed E-state index contributed by atoms with van der Waals surface area (Å²) >= 11 is 0. The number of carbonyl (C=O) groups is 2. The molecule has 0 unspecified atom stereocenters. The summed E-state index contributed by atoms with van der Waals surface area (Å²) in [5, 5.41) is 0. The number of carbonyl (C=O) groups excluding carboxylic acids is 2. The van der Waals surface area contributed by atoms with Gasteiger partial charge in [0.05, 0.1) is 11.1 Å². The summed E-state index contributed by atoms with van der Waals surface area (Å²) in [5.74, 6) is 1.80. The van der Waals surface area contributed by atoms with Crippen LogP contribution in [0, 0.1) is 23.2 Å². The second-order valence-electron chi connectivity index (χ2n) is 7.73. The van der Waals surface area contributed by atoms with Crippen LogP contribution in [0.15, 0.2) is 30.5 Å². The third kappa shape index (κ3) is 2.95. The van der Waals surface area contributed by atoms with E-state index in [0.717, 1.165) is 19.3 Å². The first-order valence-electron chi connectivity index (χ1n) is 8.82. The van der Waals surface area contributed by atoms with Crippen LogP contribution in [0.2, 0.25) is 0 Å². The quantitative estimate of drug-likeness (QED) is 0.662. The molecule has 0 radical (unpaired) electrons. The Kier molecular flexibility index (Phi) is 3.87. The molecule has 2 amide bonds. The minimum Gasteiger partial charge on any atom is -0.273 e. The summed E-state index contributed by atoms with van der Waals surface area (Å²) in [7, 11) is 0. The fourth-order valence-electron chi connectivity index (χ4n) is 5.32. The highest BCUT2D eigenvalue weighted by Gasteiger charge is 2.54. The first-order chi connectivity index (χ1) is 11.6. The Morgan fingerprint density at radius 3 is 2.29 bits per heavy atom. The molecule has 4 aliphatic carbocycles. The molecule has 4 fully saturated rings. The molecule has 1 heterocycles. The normalized spacial score (nSPS) is 33.6. The molecule has 5 rings (SSSR count). The van der Waals surface area contributed by atoms with Gasteiger partial charge in [-0.05, 0) is 74.5 Å². The highest BCUT2D eigenvalue weighted by molar-refractivity contribution is 5.93. The van der Waals surface area contributed by atoms with Gasteiger partial charge in [0.25, 0.3) is 5.91 Å². The van der Waals surface area contributed by atoms with Gasteiger partial charge in [-0.3, -0.25) is 25.4 Å². The average molecular weight is 325 g/mol. The monoisotopic (exact) mass is 325 g/mol. The maximum Gasteiger partial charge on any atom is 0.262 e. The number of nitrogens with zero attached hydrogens (tertiary/aromatic N) is 1. The number of pyridine rings is 1. The second-order valence-corrected chi connectivity index (χ2v) is 7.73. The van der Waals surface area contributed by atoms with Gasteiger partial charge in [0.2, 0.25) is 5.91 Å². The number of hydrazine groups is 1. The summed E-state index contributed by atoms with van der Waals surface area (Å²) in [6, 6.07) is 5.50. The number of amides is 2. The van der Waals surface area contributed by atoms with Gasteiger partial charge in [-0.2, -0.15) is 0 Å². The van der Waals surface area contributed by atoms with Crippen molar-refractivity contribution in [2.75, 3.05) is 0 Å². The third-order valence-electron chi connectivity index (χ3n) is 5.91. The smallest absolute Gasteiger partial charge is 0.262 e. The van der Waals surface area contributed by atoms with E-state index in [9.17, 15) is 9.59 Å². The fraction of sp³-hybridized carbons (Fsp3) is 0.526. The van der Waals surface area contributed by atoms with Gasteiger partial charge in [0, 0.05) is 12.3 Å². The SMILES string of the molecule is O=C(C=Cc1ccccn1)NNC(=O)C12CC3CC(CC(C3)C1)C2. The van der Waals surface area contributed by atoms with E-state index in [4.69, 9.17) is 0 Å². The number of hydrogen-bond acceptors (Lipinski definition) is 3. The number of aromatic nitrogens is 1. The lowest BCUT2D eigenvalue weighted by Gasteiger charge is -2.55. The molecule has 4 aliphatic rings. The van der Waals surface area contributed by atoms with Gasteiger partial charge in [0.15, 0.2) is 0 Å². The van der Waals surface area contributed by atoms with E-state index in [1.54, 1.807) is 12.3 Å². The minimum atomic E-state index is -0.335. The Bertz CT molecular complexity index is 633. The van der Waals surface area contributed by atoms with Crippen molar-refractivity contribution in [3.05, 3.63) is 36.2 Å². The predicted octanol–water partition coefficient (Wildman–Crippen LogP) is 2.46. The summed E-state index contributed by atoms with van der Waals surface area (Å²) in [6.07, 6.45) is 11.6. The molecule has 0 atom stereocenters. The average Bonchev–Trinajstić information content (AvgIpc) is 2.57. The van der Waals surface area contributed by atoms with Gasteiger partial charge >= 0.3 is 0 Å². The topological polar surface area (TPSA) is 71.1 Å². The van der Waals surface area contributed by atoms with Crippen LogP contribution in [-0.2, 0) is 9.59 Å². The highest BCUT2D eigenvalue weighted by Crippen LogP contribution is 2.59. The maximum absolute atomic E-state index is 12.7. The van der Waals surface area contributed by atoms with Crippen LogP contribution in [0.4, 0.5) is 0 Å². The molecule has 0 aliphatic heterocycles. The zero-order valence-corrected chi connectivity index (χ0v) is 13.7. The molecule has 1 aromatic heterocycles. The standard InChI is InChI=1S/C19H23N3O2/c23-17(5-4-16-3-1-2-6-20-16)21-22-18(24)19-10-13-7-14(11-19)9-15(8-13)12-19/h1-6,13-15H,7-12H2,(H,21,23)(H,22,24). The Morgan fingerprint density at radius 1 is 1.04 bits per heavy atom.